The third-order valence-electron chi connectivity index (χ3n) is 11.8. The van der Waals surface area contributed by atoms with E-state index in [-0.39, 0.29) is 5.41 Å². The van der Waals surface area contributed by atoms with Gasteiger partial charge in [-0.25, -0.2) is 0 Å². The molecule has 0 amide bonds. The molecule has 0 unspecified atom stereocenters. The minimum absolute atomic E-state index is 0.217. The summed E-state index contributed by atoms with van der Waals surface area (Å²) in [4.78, 5) is 2.51. The van der Waals surface area contributed by atoms with Crippen LogP contribution in [-0.2, 0) is 5.41 Å². The first-order valence-electron chi connectivity index (χ1n) is 19.1. The Labute approximate surface area is 320 Å². The van der Waals surface area contributed by atoms with Crippen molar-refractivity contribution in [2.75, 3.05) is 4.90 Å². The summed E-state index contributed by atoms with van der Waals surface area (Å²) in [6, 6.07) is 68.4. The molecule has 0 spiro atoms. The van der Waals surface area contributed by atoms with Crippen LogP contribution in [0.1, 0.15) is 25.0 Å². The number of rotatable bonds is 5. The summed E-state index contributed by atoms with van der Waals surface area (Å²) in [7, 11) is 0. The highest BCUT2D eigenvalue weighted by atomic mass is 16.3. The minimum atomic E-state index is -0.217. The number of furan rings is 1. The molecule has 11 rings (SSSR count). The fourth-order valence-corrected chi connectivity index (χ4v) is 9.38. The van der Waals surface area contributed by atoms with Gasteiger partial charge in [0.15, 0.2) is 0 Å². The number of benzene rings is 9. The molecular formula is C53H37NO. The summed E-state index contributed by atoms with van der Waals surface area (Å²) in [6.45, 7) is 4.75. The first-order valence-corrected chi connectivity index (χ1v) is 19.1. The Hall–Kier alpha value is -6.90. The monoisotopic (exact) mass is 703 g/mol. The van der Waals surface area contributed by atoms with Gasteiger partial charge in [0.25, 0.3) is 0 Å². The Morgan fingerprint density at radius 2 is 1.05 bits per heavy atom. The van der Waals surface area contributed by atoms with E-state index in [4.69, 9.17) is 4.42 Å². The van der Waals surface area contributed by atoms with Crippen LogP contribution in [0.4, 0.5) is 17.1 Å². The van der Waals surface area contributed by atoms with Gasteiger partial charge in [-0.15, -0.1) is 0 Å². The molecule has 0 atom stereocenters. The molecule has 0 saturated carbocycles. The van der Waals surface area contributed by atoms with Crippen molar-refractivity contribution in [1.82, 2.24) is 0 Å². The van der Waals surface area contributed by atoms with Crippen LogP contribution in [0.3, 0.4) is 0 Å². The zero-order valence-electron chi connectivity index (χ0n) is 30.8. The second-order valence-electron chi connectivity index (χ2n) is 15.2. The van der Waals surface area contributed by atoms with Crippen molar-refractivity contribution >= 4 is 60.5 Å². The molecule has 1 heterocycles. The Morgan fingerprint density at radius 3 is 1.95 bits per heavy atom. The second kappa shape index (κ2) is 12.1. The van der Waals surface area contributed by atoms with Crippen LogP contribution in [0.15, 0.2) is 192 Å². The summed E-state index contributed by atoms with van der Waals surface area (Å²) in [5, 5.41) is 7.05. The maximum absolute atomic E-state index is 6.71. The molecule has 0 radical (unpaired) electrons. The van der Waals surface area contributed by atoms with Gasteiger partial charge in [-0.3, -0.25) is 0 Å². The molecule has 0 bridgehead atoms. The molecule has 1 aromatic heterocycles. The smallest absolute Gasteiger partial charge is 0.143 e. The summed E-state index contributed by atoms with van der Waals surface area (Å²) >= 11 is 0. The van der Waals surface area contributed by atoms with E-state index in [1.807, 2.05) is 0 Å². The van der Waals surface area contributed by atoms with Gasteiger partial charge in [0.2, 0.25) is 0 Å². The Bertz CT molecular complexity index is 3140. The highest BCUT2D eigenvalue weighted by Crippen LogP contribution is 2.55. The van der Waals surface area contributed by atoms with E-state index in [1.54, 1.807) is 0 Å². The first kappa shape index (κ1) is 31.6. The highest BCUT2D eigenvalue weighted by molar-refractivity contribution is 6.20. The number of fused-ring (bicyclic) bond motifs is 9. The van der Waals surface area contributed by atoms with Crippen LogP contribution in [0.5, 0.6) is 0 Å². The third-order valence-corrected chi connectivity index (χ3v) is 11.8. The molecule has 1 aliphatic carbocycles. The quantitative estimate of drug-likeness (QED) is 0.177. The predicted octanol–water partition coefficient (Wildman–Crippen LogP) is 15.0. The number of hydrogen-bond donors (Lipinski definition) is 0. The van der Waals surface area contributed by atoms with Crippen molar-refractivity contribution in [1.29, 1.82) is 0 Å². The fourth-order valence-electron chi connectivity index (χ4n) is 9.38. The van der Waals surface area contributed by atoms with Gasteiger partial charge >= 0.3 is 0 Å². The van der Waals surface area contributed by atoms with Crippen LogP contribution in [0, 0.1) is 0 Å². The standard InChI is InChI=1S/C53H37NO/c1-53(2)46-27-9-7-22-41(46)44-26-13-29-48(51(44)53)54(37-19-11-18-36(33-37)39-24-12-17-34-15-3-5-20-38(34)39)47-28-10-8-23-42(47)43-25-14-30-49-50(43)45-32-31-35-16-4-6-21-40(35)52(45)55-49/h3-33H,1-2H3. The van der Waals surface area contributed by atoms with E-state index in [1.165, 1.54) is 55.2 Å². The molecule has 10 aromatic rings. The van der Waals surface area contributed by atoms with Gasteiger partial charge < -0.3 is 9.32 Å². The van der Waals surface area contributed by atoms with Gasteiger partial charge in [-0.2, -0.15) is 0 Å². The Balaban J connectivity index is 1.20. The van der Waals surface area contributed by atoms with Crippen molar-refractivity contribution in [3.8, 4) is 33.4 Å². The lowest BCUT2D eigenvalue weighted by Crippen LogP contribution is -2.21. The molecule has 2 heteroatoms. The second-order valence-corrected chi connectivity index (χ2v) is 15.2. The SMILES string of the molecule is CC1(C)c2ccccc2-c2cccc(N(c3cccc(-c4cccc5ccccc45)c3)c3ccccc3-c3cccc4oc5c6ccccc6ccc5c34)c21. The summed E-state index contributed by atoms with van der Waals surface area (Å²) in [5.74, 6) is 0. The molecular weight excluding hydrogens is 667 g/mol. The maximum Gasteiger partial charge on any atom is 0.143 e. The average molecular weight is 704 g/mol. The topological polar surface area (TPSA) is 16.4 Å². The van der Waals surface area contributed by atoms with Crippen LogP contribution in [0.2, 0.25) is 0 Å². The number of hydrogen-bond acceptors (Lipinski definition) is 2. The Kier molecular flexibility index (Phi) is 6.93. The normalized spacial score (nSPS) is 13.1. The van der Waals surface area contributed by atoms with Gasteiger partial charge in [0.1, 0.15) is 11.2 Å². The molecule has 1 aliphatic rings. The van der Waals surface area contributed by atoms with E-state index in [0.29, 0.717) is 0 Å². The predicted molar refractivity (Wildman–Crippen MR) is 232 cm³/mol. The lowest BCUT2D eigenvalue weighted by Gasteiger charge is -2.33. The van der Waals surface area contributed by atoms with Crippen molar-refractivity contribution < 1.29 is 4.42 Å². The van der Waals surface area contributed by atoms with Gasteiger partial charge in [-0.1, -0.05) is 166 Å². The lowest BCUT2D eigenvalue weighted by atomic mass is 9.81. The summed E-state index contributed by atoms with van der Waals surface area (Å²) in [6.07, 6.45) is 0. The van der Waals surface area contributed by atoms with Crippen LogP contribution in [-0.4, -0.2) is 0 Å². The van der Waals surface area contributed by atoms with Crippen molar-refractivity contribution in [2.45, 2.75) is 19.3 Å². The van der Waals surface area contributed by atoms with Gasteiger partial charge in [0, 0.05) is 32.8 Å². The zero-order valence-corrected chi connectivity index (χ0v) is 30.8. The van der Waals surface area contributed by atoms with Crippen LogP contribution in [0.25, 0.3) is 76.9 Å². The van der Waals surface area contributed by atoms with E-state index in [0.717, 1.165) is 49.8 Å². The Morgan fingerprint density at radius 1 is 0.436 bits per heavy atom. The fraction of sp³-hybridized carbons (Fsp3) is 0.0566. The van der Waals surface area contributed by atoms with Crippen LogP contribution >= 0.6 is 0 Å². The zero-order chi connectivity index (χ0) is 36.7. The molecule has 260 valence electrons. The van der Waals surface area contributed by atoms with Gasteiger partial charge in [0.05, 0.1) is 11.4 Å². The van der Waals surface area contributed by atoms with E-state index < -0.39 is 0 Å². The highest BCUT2D eigenvalue weighted by Gasteiger charge is 2.39. The molecule has 0 saturated heterocycles. The average Bonchev–Trinajstić information content (AvgIpc) is 3.74. The minimum Gasteiger partial charge on any atom is -0.455 e. The molecule has 9 aromatic carbocycles. The summed E-state index contributed by atoms with van der Waals surface area (Å²) in [5.41, 5.74) is 15.0. The molecule has 0 fully saturated rings. The van der Waals surface area contributed by atoms with E-state index in [9.17, 15) is 0 Å². The largest absolute Gasteiger partial charge is 0.455 e. The van der Waals surface area contributed by atoms with Crippen LogP contribution < -0.4 is 4.90 Å². The number of nitrogens with zero attached hydrogens (tertiary/aromatic N) is 1. The third kappa shape index (κ3) is 4.74. The molecule has 55 heavy (non-hydrogen) atoms. The maximum atomic E-state index is 6.71. The lowest BCUT2D eigenvalue weighted by molar-refractivity contribution is 0.661. The van der Waals surface area contributed by atoms with E-state index in [2.05, 4.69) is 207 Å². The van der Waals surface area contributed by atoms with E-state index >= 15 is 0 Å². The summed E-state index contributed by atoms with van der Waals surface area (Å²) < 4.78 is 6.71. The van der Waals surface area contributed by atoms with Crippen molar-refractivity contribution in [3.05, 3.63) is 199 Å². The van der Waals surface area contributed by atoms with Crippen molar-refractivity contribution in [3.63, 3.8) is 0 Å². The molecule has 0 aliphatic heterocycles. The van der Waals surface area contributed by atoms with Crippen molar-refractivity contribution in [2.24, 2.45) is 0 Å². The first-order chi connectivity index (χ1) is 27.1. The molecule has 0 N–H and O–H groups in total. The van der Waals surface area contributed by atoms with Gasteiger partial charge in [-0.05, 0) is 91.5 Å². The molecule has 2 nitrogen and oxygen atoms in total. The number of para-hydroxylation sites is 1. The number of anilines is 3.